The van der Waals surface area contributed by atoms with Gasteiger partial charge in [0.25, 0.3) is 5.91 Å². The molecule has 0 aliphatic carbocycles. The summed E-state index contributed by atoms with van der Waals surface area (Å²) in [6, 6.07) is 4.10. The average molecular weight is 265 g/mol. The number of nitrogens with one attached hydrogen (secondary N) is 1. The molecule has 0 fully saturated rings. The van der Waals surface area contributed by atoms with E-state index >= 15 is 0 Å². The molecule has 0 atom stereocenters. The maximum Gasteiger partial charge on any atom is 0.341 e. The number of hydroxylamine groups is 1. The summed E-state index contributed by atoms with van der Waals surface area (Å²) in [5, 5.41) is 0. The van der Waals surface area contributed by atoms with E-state index in [0.717, 1.165) is 24.3 Å². The summed E-state index contributed by atoms with van der Waals surface area (Å²) in [6.45, 7) is 0. The van der Waals surface area contributed by atoms with E-state index < -0.39 is 26.4 Å². The van der Waals surface area contributed by atoms with Crippen molar-refractivity contribution in [1.29, 1.82) is 0 Å². The molecule has 0 radical (unpaired) electrons. The molecular formula is C9H9F2NO4S. The van der Waals surface area contributed by atoms with Crippen LogP contribution in [-0.2, 0) is 14.7 Å². The maximum absolute atomic E-state index is 12.2. The van der Waals surface area contributed by atoms with Crippen molar-refractivity contribution in [2.24, 2.45) is 0 Å². The van der Waals surface area contributed by atoms with E-state index in [1.807, 2.05) is 5.48 Å². The fourth-order valence-corrected chi connectivity index (χ4v) is 1.77. The molecule has 0 bridgehead atoms. The van der Waals surface area contributed by atoms with Crippen molar-refractivity contribution in [3.8, 4) is 0 Å². The number of amides is 1. The minimum Gasteiger partial charge on any atom is -0.277 e. The number of hydrogen-bond acceptors (Lipinski definition) is 4. The lowest BCUT2D eigenvalue weighted by atomic mass is 10.2. The summed E-state index contributed by atoms with van der Waals surface area (Å²) >= 11 is 0. The van der Waals surface area contributed by atoms with Gasteiger partial charge >= 0.3 is 5.76 Å². The molecule has 0 aliphatic heterocycles. The molecule has 0 spiro atoms. The fraction of sp³-hybridized carbons (Fsp3) is 0.222. The number of hydrogen-bond donors (Lipinski definition) is 1. The predicted molar refractivity (Wildman–Crippen MR) is 54.1 cm³/mol. The van der Waals surface area contributed by atoms with E-state index in [-0.39, 0.29) is 5.56 Å². The third kappa shape index (κ3) is 2.98. The first kappa shape index (κ1) is 13.5. The largest absolute Gasteiger partial charge is 0.341 e. The molecule has 1 rings (SSSR count). The van der Waals surface area contributed by atoms with Gasteiger partial charge in [-0.25, -0.2) is 13.9 Å². The molecule has 1 aromatic rings. The number of benzene rings is 1. The first-order chi connectivity index (χ1) is 7.89. The van der Waals surface area contributed by atoms with Gasteiger partial charge in [0.1, 0.15) is 0 Å². The highest BCUT2D eigenvalue weighted by Gasteiger charge is 2.26. The number of rotatable bonds is 4. The summed E-state index contributed by atoms with van der Waals surface area (Å²) in [5.41, 5.74) is 2.10. The monoisotopic (exact) mass is 265 g/mol. The third-order valence-electron chi connectivity index (χ3n) is 1.87. The van der Waals surface area contributed by atoms with Gasteiger partial charge in [-0.2, -0.15) is 8.78 Å². The van der Waals surface area contributed by atoms with Gasteiger partial charge < -0.3 is 0 Å². The van der Waals surface area contributed by atoms with Crippen molar-refractivity contribution < 1.29 is 26.8 Å². The van der Waals surface area contributed by atoms with Crippen molar-refractivity contribution >= 4 is 15.7 Å². The first-order valence-corrected chi connectivity index (χ1v) is 5.89. The van der Waals surface area contributed by atoms with Crippen LogP contribution in [0.25, 0.3) is 0 Å². The standard InChI is InChI=1S/C9H9F2NO4S/c1-16-12-8(13)6-2-4-7(5-3-6)17(14,15)9(10)11/h2-5,9H,1H3,(H,12,13). The molecular weight excluding hydrogens is 256 g/mol. The van der Waals surface area contributed by atoms with Crippen LogP contribution < -0.4 is 5.48 Å². The minimum absolute atomic E-state index is 0.0973. The van der Waals surface area contributed by atoms with Gasteiger partial charge in [-0.05, 0) is 24.3 Å². The number of carbonyl (C=O) groups is 1. The smallest absolute Gasteiger partial charge is 0.277 e. The second kappa shape index (κ2) is 5.19. The Balaban J connectivity index is 3.01. The topological polar surface area (TPSA) is 72.5 Å². The molecule has 1 N–H and O–H groups in total. The second-order valence-electron chi connectivity index (χ2n) is 2.97. The van der Waals surface area contributed by atoms with Gasteiger partial charge in [0.15, 0.2) is 0 Å². The van der Waals surface area contributed by atoms with E-state index in [2.05, 4.69) is 4.84 Å². The molecule has 0 unspecified atom stereocenters. The van der Waals surface area contributed by atoms with Crippen LogP contribution in [-0.4, -0.2) is 27.2 Å². The van der Waals surface area contributed by atoms with E-state index in [1.165, 1.54) is 7.11 Å². The highest BCUT2D eigenvalue weighted by Crippen LogP contribution is 2.18. The Kier molecular flexibility index (Phi) is 4.13. The molecule has 0 saturated heterocycles. The summed E-state index contributed by atoms with van der Waals surface area (Å²) in [4.78, 5) is 15.0. The number of carbonyl (C=O) groups excluding carboxylic acids is 1. The van der Waals surface area contributed by atoms with Crippen LogP contribution in [0.4, 0.5) is 8.78 Å². The van der Waals surface area contributed by atoms with Gasteiger partial charge in [0, 0.05) is 5.56 Å². The number of halogens is 2. The van der Waals surface area contributed by atoms with Gasteiger partial charge in [-0.15, -0.1) is 0 Å². The van der Waals surface area contributed by atoms with Crippen LogP contribution in [0.5, 0.6) is 0 Å². The molecule has 1 amide bonds. The van der Waals surface area contributed by atoms with Crippen LogP contribution in [0, 0.1) is 0 Å². The number of sulfone groups is 1. The fourth-order valence-electron chi connectivity index (χ4n) is 1.05. The molecule has 8 heteroatoms. The Hall–Kier alpha value is -1.54. The van der Waals surface area contributed by atoms with Gasteiger partial charge in [0.2, 0.25) is 9.84 Å². The average Bonchev–Trinajstić information content (AvgIpc) is 2.29. The van der Waals surface area contributed by atoms with Crippen molar-refractivity contribution in [3.63, 3.8) is 0 Å². The van der Waals surface area contributed by atoms with E-state index in [9.17, 15) is 22.0 Å². The molecule has 0 saturated carbocycles. The van der Waals surface area contributed by atoms with E-state index in [4.69, 9.17) is 0 Å². The third-order valence-corrected chi connectivity index (χ3v) is 3.27. The Morgan fingerprint density at radius 1 is 1.29 bits per heavy atom. The van der Waals surface area contributed by atoms with Crippen molar-refractivity contribution in [1.82, 2.24) is 5.48 Å². The lowest BCUT2D eigenvalue weighted by molar-refractivity contribution is 0.0537. The minimum atomic E-state index is -4.63. The Bertz CT molecular complexity index is 498. The lowest BCUT2D eigenvalue weighted by Crippen LogP contribution is -2.21. The summed E-state index contributed by atoms with van der Waals surface area (Å²) in [7, 11) is -3.40. The first-order valence-electron chi connectivity index (χ1n) is 4.35. The summed E-state index contributed by atoms with van der Waals surface area (Å²) in [5.74, 6) is -4.09. The highest BCUT2D eigenvalue weighted by atomic mass is 32.2. The van der Waals surface area contributed by atoms with Gasteiger partial charge in [-0.1, -0.05) is 0 Å². The molecule has 94 valence electrons. The van der Waals surface area contributed by atoms with Crippen LogP contribution in [0.15, 0.2) is 29.2 Å². The second-order valence-corrected chi connectivity index (χ2v) is 4.88. The van der Waals surface area contributed by atoms with E-state index in [1.54, 1.807) is 0 Å². The lowest BCUT2D eigenvalue weighted by Gasteiger charge is -2.04. The number of alkyl halides is 2. The Morgan fingerprint density at radius 3 is 2.24 bits per heavy atom. The van der Waals surface area contributed by atoms with Crippen LogP contribution in [0.1, 0.15) is 10.4 Å². The zero-order valence-electron chi connectivity index (χ0n) is 8.68. The normalized spacial score (nSPS) is 11.5. The molecule has 5 nitrogen and oxygen atoms in total. The van der Waals surface area contributed by atoms with Crippen molar-refractivity contribution in [3.05, 3.63) is 29.8 Å². The Labute approximate surface area is 96.3 Å². The molecule has 0 aromatic heterocycles. The predicted octanol–water partition coefficient (Wildman–Crippen LogP) is 0.974. The zero-order valence-corrected chi connectivity index (χ0v) is 9.50. The quantitative estimate of drug-likeness (QED) is 0.823. The van der Waals surface area contributed by atoms with Crippen LogP contribution in [0.3, 0.4) is 0 Å². The van der Waals surface area contributed by atoms with Crippen molar-refractivity contribution in [2.75, 3.05) is 7.11 Å². The van der Waals surface area contributed by atoms with Gasteiger partial charge in [0.05, 0.1) is 12.0 Å². The highest BCUT2D eigenvalue weighted by molar-refractivity contribution is 7.91. The van der Waals surface area contributed by atoms with E-state index in [0.29, 0.717) is 0 Å². The van der Waals surface area contributed by atoms with Crippen LogP contribution >= 0.6 is 0 Å². The molecule has 1 aromatic carbocycles. The maximum atomic E-state index is 12.2. The van der Waals surface area contributed by atoms with Gasteiger partial charge in [-0.3, -0.25) is 9.63 Å². The molecule has 17 heavy (non-hydrogen) atoms. The van der Waals surface area contributed by atoms with Crippen molar-refractivity contribution in [2.45, 2.75) is 10.7 Å². The van der Waals surface area contributed by atoms with Crippen LogP contribution in [0.2, 0.25) is 0 Å². The molecule has 0 aliphatic rings. The summed E-state index contributed by atoms with van der Waals surface area (Å²) < 4.78 is 46.5. The molecule has 0 heterocycles. The SMILES string of the molecule is CONC(=O)c1ccc(S(=O)(=O)C(F)F)cc1. The summed E-state index contributed by atoms with van der Waals surface area (Å²) in [6.07, 6.45) is 0. The Morgan fingerprint density at radius 2 is 1.82 bits per heavy atom. The zero-order chi connectivity index (χ0) is 13.1.